The Kier molecular flexibility index (Phi) is 11.2. The third kappa shape index (κ3) is 6.70. The summed E-state index contributed by atoms with van der Waals surface area (Å²) in [5.41, 5.74) is -1.12. The first kappa shape index (κ1) is 38.9. The van der Waals surface area contributed by atoms with Gasteiger partial charge in [0.05, 0.1) is 47.4 Å². The van der Waals surface area contributed by atoms with Crippen LogP contribution in [0.3, 0.4) is 0 Å². The summed E-state index contributed by atoms with van der Waals surface area (Å²) < 4.78 is 17.5. The number of aliphatic hydroxyl groups excluding tert-OH is 3. The number of phenols is 1. The van der Waals surface area contributed by atoms with E-state index in [4.69, 9.17) is 14.2 Å². The molecule has 4 heterocycles. The van der Waals surface area contributed by atoms with Crippen molar-refractivity contribution in [2.24, 2.45) is 23.7 Å². The van der Waals surface area contributed by atoms with Gasteiger partial charge < -0.3 is 44.9 Å². The lowest BCUT2D eigenvalue weighted by Crippen LogP contribution is -2.45. The molecule has 1 aromatic carbocycles. The van der Waals surface area contributed by atoms with Crippen LogP contribution in [0.5, 0.6) is 11.5 Å². The minimum atomic E-state index is -2.02. The van der Waals surface area contributed by atoms with Crippen molar-refractivity contribution in [2.75, 3.05) is 20.2 Å². The molecule has 0 saturated carbocycles. The Labute approximate surface area is 303 Å². The van der Waals surface area contributed by atoms with E-state index in [9.17, 15) is 39.6 Å². The van der Waals surface area contributed by atoms with E-state index in [2.05, 4.69) is 5.32 Å². The molecule has 9 unspecified atom stereocenters. The smallest absolute Gasteiger partial charge is 0.312 e. The van der Waals surface area contributed by atoms with Gasteiger partial charge in [0.15, 0.2) is 0 Å². The van der Waals surface area contributed by atoms with Crippen molar-refractivity contribution in [1.82, 2.24) is 10.2 Å². The number of Topliss-reactive ketones (excluding diaryl/α,β-unsaturated/α-hetero) is 3. The highest BCUT2D eigenvalue weighted by Gasteiger charge is 2.53. The van der Waals surface area contributed by atoms with Gasteiger partial charge in [-0.3, -0.25) is 19.2 Å². The van der Waals surface area contributed by atoms with E-state index >= 15 is 0 Å². The van der Waals surface area contributed by atoms with Gasteiger partial charge in [0, 0.05) is 61.9 Å². The van der Waals surface area contributed by atoms with Gasteiger partial charge in [0.2, 0.25) is 11.6 Å². The van der Waals surface area contributed by atoms with E-state index in [0.29, 0.717) is 13.1 Å². The number of ketones is 3. The number of likely N-dealkylation sites (tertiary alicyclic amines) is 1. The normalized spacial score (nSPS) is 33.3. The second-order valence-electron chi connectivity index (χ2n) is 14.6. The largest absolute Gasteiger partial charge is 0.507 e. The Hall–Kier alpha value is -4.30. The van der Waals surface area contributed by atoms with Crippen LogP contribution in [-0.4, -0.2) is 99.0 Å². The number of aliphatic hydroxyl groups is 3. The quantitative estimate of drug-likeness (QED) is 0.299. The summed E-state index contributed by atoms with van der Waals surface area (Å²) in [4.78, 5) is 58.2. The van der Waals surface area contributed by atoms with Crippen LogP contribution in [0.25, 0.3) is 0 Å². The molecule has 5 bridgehead atoms. The second kappa shape index (κ2) is 15.0. The summed E-state index contributed by atoms with van der Waals surface area (Å²) in [6.07, 6.45) is 4.93. The molecule has 0 radical (unpaired) electrons. The van der Waals surface area contributed by atoms with Crippen molar-refractivity contribution in [3.8, 4) is 11.5 Å². The standard InChI is InChI=1S/C39H50N2O11/c1-18-12-11-13-19(2)38(49)40-28-29(41-15-9-10-16-41)35(47)25-26(34(28)46)33(45)23(6)36-27(25)37(48)39(7,52-36)51-17-14-24(50-8)20(3)31(43)22(5)32(44)21(4)30(18)42/h11-14,17-18,20-22,24,30-32,42-45H,9-10,15-16H2,1-8H3,(H,40,49). The zero-order chi connectivity index (χ0) is 38.4. The summed E-state index contributed by atoms with van der Waals surface area (Å²) in [6.45, 7) is 12.0. The van der Waals surface area contributed by atoms with Gasteiger partial charge in [-0.25, -0.2) is 0 Å². The van der Waals surface area contributed by atoms with Gasteiger partial charge in [0.25, 0.3) is 11.7 Å². The molecule has 1 fully saturated rings. The van der Waals surface area contributed by atoms with E-state index in [1.165, 1.54) is 46.3 Å². The number of phenolic OH excluding ortho intramolecular Hbond substituents is 1. The molecule has 13 heteroatoms. The number of rotatable bonds is 2. The van der Waals surface area contributed by atoms with Crippen molar-refractivity contribution in [3.05, 3.63) is 69.8 Å². The number of nitrogens with one attached hydrogen (secondary N) is 1. The van der Waals surface area contributed by atoms with Crippen LogP contribution in [0.1, 0.15) is 91.0 Å². The Morgan fingerprint density at radius 3 is 2.12 bits per heavy atom. The number of hydrogen-bond donors (Lipinski definition) is 5. The molecule has 5 aliphatic rings. The Morgan fingerprint density at radius 1 is 0.865 bits per heavy atom. The van der Waals surface area contributed by atoms with Crippen molar-refractivity contribution in [3.63, 3.8) is 0 Å². The first-order chi connectivity index (χ1) is 24.5. The van der Waals surface area contributed by atoms with Gasteiger partial charge in [-0.05, 0) is 32.8 Å². The highest BCUT2D eigenvalue weighted by Crippen LogP contribution is 2.49. The number of benzene rings is 1. The Balaban J connectivity index is 1.65. The SMILES string of the molecule is COC1C=COC2(C)Oc3c(C)c(O)c4c(c3C2=O)C(=O)C(N2CCCC2)=C(NC(=O)C(C)=CC=CC(C)C(O)C(C)C(O)C(C)C(O)C1C)C4=O. The third-order valence-corrected chi connectivity index (χ3v) is 11.1. The molecule has 1 aromatic rings. The maximum Gasteiger partial charge on any atom is 0.312 e. The molecule has 9 atom stereocenters. The number of carbonyl (C=O) groups is 4. The Bertz CT molecular complexity index is 1770. The average Bonchev–Trinajstić information content (AvgIpc) is 3.74. The predicted octanol–water partition coefficient (Wildman–Crippen LogP) is 3.48. The van der Waals surface area contributed by atoms with E-state index in [-0.39, 0.29) is 39.4 Å². The van der Waals surface area contributed by atoms with Gasteiger partial charge in [-0.15, -0.1) is 0 Å². The predicted molar refractivity (Wildman–Crippen MR) is 189 cm³/mol. The first-order valence-electron chi connectivity index (χ1n) is 17.8. The number of carbonyl (C=O) groups excluding carboxylic acids is 4. The molecule has 0 spiro atoms. The van der Waals surface area contributed by atoms with Crippen molar-refractivity contribution >= 4 is 23.3 Å². The van der Waals surface area contributed by atoms with Gasteiger partial charge in [0.1, 0.15) is 22.9 Å². The monoisotopic (exact) mass is 722 g/mol. The van der Waals surface area contributed by atoms with E-state index in [1.54, 1.807) is 44.7 Å². The molecule has 13 nitrogen and oxygen atoms in total. The molecule has 6 rings (SSSR count). The molecular formula is C39H50N2O11. The summed E-state index contributed by atoms with van der Waals surface area (Å²) >= 11 is 0. The minimum Gasteiger partial charge on any atom is -0.507 e. The fraction of sp³-hybridized carbons (Fsp3) is 0.538. The number of fused-ring (bicyclic) bond motifs is 14. The first-order valence-corrected chi connectivity index (χ1v) is 17.8. The maximum atomic E-state index is 14.5. The summed E-state index contributed by atoms with van der Waals surface area (Å²) in [5.74, 6) is -8.08. The molecular weight excluding hydrogens is 672 g/mol. The van der Waals surface area contributed by atoms with Crippen LogP contribution >= 0.6 is 0 Å². The third-order valence-electron chi connectivity index (χ3n) is 11.1. The van der Waals surface area contributed by atoms with Crippen molar-refractivity contribution in [1.29, 1.82) is 0 Å². The molecule has 4 aliphatic heterocycles. The van der Waals surface area contributed by atoms with Crippen molar-refractivity contribution in [2.45, 2.75) is 91.5 Å². The molecule has 1 amide bonds. The van der Waals surface area contributed by atoms with E-state index in [1.807, 2.05) is 0 Å². The van der Waals surface area contributed by atoms with Gasteiger partial charge in [-0.2, -0.15) is 0 Å². The van der Waals surface area contributed by atoms with Crippen LogP contribution in [-0.2, 0) is 14.3 Å². The number of allylic oxidation sites excluding steroid dienone is 4. The van der Waals surface area contributed by atoms with Gasteiger partial charge >= 0.3 is 5.79 Å². The highest BCUT2D eigenvalue weighted by molar-refractivity contribution is 6.32. The number of hydrogen-bond acceptors (Lipinski definition) is 12. The number of nitrogens with zero attached hydrogens (tertiary/aromatic N) is 1. The molecule has 0 aromatic heterocycles. The summed E-state index contributed by atoms with van der Waals surface area (Å²) in [6, 6.07) is 0. The fourth-order valence-corrected chi connectivity index (χ4v) is 7.53. The molecule has 52 heavy (non-hydrogen) atoms. The lowest BCUT2D eigenvalue weighted by Gasteiger charge is -2.36. The zero-order valence-corrected chi connectivity index (χ0v) is 30.9. The van der Waals surface area contributed by atoms with E-state index in [0.717, 1.165) is 12.8 Å². The molecule has 1 aliphatic carbocycles. The number of aromatic hydroxyl groups is 1. The van der Waals surface area contributed by atoms with Gasteiger partial charge in [-0.1, -0.05) is 45.9 Å². The maximum absolute atomic E-state index is 14.5. The number of methoxy groups -OCH3 is 1. The lowest BCUT2D eigenvalue weighted by atomic mass is 9.78. The molecule has 282 valence electrons. The number of ether oxygens (including phenoxy) is 3. The van der Waals surface area contributed by atoms with Crippen LogP contribution < -0.4 is 10.1 Å². The highest BCUT2D eigenvalue weighted by atomic mass is 16.7. The van der Waals surface area contributed by atoms with Crippen LogP contribution in [0, 0.1) is 30.6 Å². The van der Waals surface area contributed by atoms with Crippen molar-refractivity contribution < 1.29 is 53.8 Å². The number of amides is 1. The second-order valence-corrected chi connectivity index (χ2v) is 14.6. The van der Waals surface area contributed by atoms with Crippen LogP contribution in [0.15, 0.2) is 47.5 Å². The average molecular weight is 723 g/mol. The lowest BCUT2D eigenvalue weighted by molar-refractivity contribution is -0.116. The van der Waals surface area contributed by atoms with Crippen LogP contribution in [0.4, 0.5) is 0 Å². The topological polar surface area (TPSA) is 192 Å². The fourth-order valence-electron chi connectivity index (χ4n) is 7.53. The van der Waals surface area contributed by atoms with Crippen LogP contribution in [0.2, 0.25) is 0 Å². The Morgan fingerprint density at radius 2 is 1.48 bits per heavy atom. The molecule has 5 N–H and O–H groups in total. The summed E-state index contributed by atoms with van der Waals surface area (Å²) in [7, 11) is 1.43. The van der Waals surface area contributed by atoms with E-state index < -0.39 is 88.4 Å². The molecule has 1 saturated heterocycles. The zero-order valence-electron chi connectivity index (χ0n) is 30.9. The minimum absolute atomic E-state index is 0.0335. The summed E-state index contributed by atoms with van der Waals surface area (Å²) in [5, 5.41) is 47.6.